The van der Waals surface area contributed by atoms with Crippen molar-refractivity contribution < 1.29 is 8.78 Å². The number of thioether (sulfide) groups is 1. The van der Waals surface area contributed by atoms with E-state index >= 15 is 0 Å². The van der Waals surface area contributed by atoms with Crippen LogP contribution >= 0.6 is 11.8 Å². The Kier molecular flexibility index (Phi) is 3.89. The highest BCUT2D eigenvalue weighted by atomic mass is 32.2. The van der Waals surface area contributed by atoms with Crippen molar-refractivity contribution >= 4 is 11.8 Å². The first-order valence-corrected chi connectivity index (χ1v) is 7.66. The molecule has 0 saturated carbocycles. The number of aromatic nitrogens is 1. The summed E-state index contributed by atoms with van der Waals surface area (Å²) >= 11 is 1.21. The summed E-state index contributed by atoms with van der Waals surface area (Å²) in [5, 5.41) is 9.76. The molecule has 0 saturated heterocycles. The van der Waals surface area contributed by atoms with Crippen LogP contribution in [0.3, 0.4) is 0 Å². The highest BCUT2D eigenvalue weighted by molar-refractivity contribution is 7.98. The van der Waals surface area contributed by atoms with Crippen molar-refractivity contribution in [1.29, 1.82) is 5.26 Å². The van der Waals surface area contributed by atoms with Crippen LogP contribution in [0.15, 0.2) is 29.3 Å². The Bertz CT molecular complexity index is 718. The predicted octanol–water partition coefficient (Wildman–Crippen LogP) is 4.01. The SMILES string of the molecule is N#Cc1cc2c(nc1SCc1c(F)cccc1F)CCC2. The number of nitrogens with zero attached hydrogens (tertiary/aromatic N) is 2. The van der Waals surface area contributed by atoms with Gasteiger partial charge in [0.15, 0.2) is 0 Å². The van der Waals surface area contributed by atoms with Crippen molar-refractivity contribution in [2.45, 2.75) is 30.0 Å². The average molecular weight is 302 g/mol. The van der Waals surface area contributed by atoms with E-state index in [0.717, 1.165) is 30.5 Å². The average Bonchev–Trinajstić information content (AvgIpc) is 2.93. The van der Waals surface area contributed by atoms with Gasteiger partial charge in [0.05, 0.1) is 5.56 Å². The second-order valence-corrected chi connectivity index (χ2v) is 5.87. The minimum atomic E-state index is -0.567. The molecule has 0 fully saturated rings. The number of pyridine rings is 1. The van der Waals surface area contributed by atoms with Gasteiger partial charge in [-0.15, -0.1) is 11.8 Å². The molecular weight excluding hydrogens is 290 g/mol. The number of rotatable bonds is 3. The largest absolute Gasteiger partial charge is 0.245 e. The van der Waals surface area contributed by atoms with Gasteiger partial charge in [-0.05, 0) is 43.0 Å². The molecule has 1 heterocycles. The molecule has 1 aromatic carbocycles. The minimum absolute atomic E-state index is 0.0219. The molecule has 0 atom stereocenters. The van der Waals surface area contributed by atoms with Gasteiger partial charge in [-0.1, -0.05) is 6.07 Å². The van der Waals surface area contributed by atoms with Gasteiger partial charge in [-0.2, -0.15) is 5.26 Å². The van der Waals surface area contributed by atoms with Crippen LogP contribution in [0.25, 0.3) is 0 Å². The van der Waals surface area contributed by atoms with E-state index in [1.54, 1.807) is 0 Å². The van der Waals surface area contributed by atoms with E-state index in [9.17, 15) is 14.0 Å². The van der Waals surface area contributed by atoms with Crippen molar-refractivity contribution in [3.05, 3.63) is 58.3 Å². The third-order valence-corrected chi connectivity index (χ3v) is 4.57. The number of nitriles is 1. The maximum absolute atomic E-state index is 13.6. The summed E-state index contributed by atoms with van der Waals surface area (Å²) in [5.41, 5.74) is 2.63. The van der Waals surface area contributed by atoms with Crippen LogP contribution in [-0.2, 0) is 18.6 Å². The van der Waals surface area contributed by atoms with Crippen molar-refractivity contribution in [2.24, 2.45) is 0 Å². The zero-order valence-corrected chi connectivity index (χ0v) is 12.0. The third kappa shape index (κ3) is 2.77. The van der Waals surface area contributed by atoms with Gasteiger partial charge in [0.1, 0.15) is 22.7 Å². The molecule has 21 heavy (non-hydrogen) atoms. The molecule has 2 nitrogen and oxygen atoms in total. The molecular formula is C16H12F2N2S. The molecule has 0 amide bonds. The molecule has 1 aliphatic carbocycles. The van der Waals surface area contributed by atoms with Gasteiger partial charge in [0, 0.05) is 17.0 Å². The maximum atomic E-state index is 13.6. The summed E-state index contributed by atoms with van der Waals surface area (Å²) in [5.74, 6) is -1.01. The van der Waals surface area contributed by atoms with Gasteiger partial charge in [-0.25, -0.2) is 13.8 Å². The summed E-state index contributed by atoms with van der Waals surface area (Å²) in [4.78, 5) is 4.49. The van der Waals surface area contributed by atoms with Crippen LogP contribution in [0.4, 0.5) is 8.78 Å². The van der Waals surface area contributed by atoms with Crippen LogP contribution in [0.2, 0.25) is 0 Å². The lowest BCUT2D eigenvalue weighted by Crippen LogP contribution is -1.97. The normalized spacial score (nSPS) is 13.0. The van der Waals surface area contributed by atoms with Crippen LogP contribution in [-0.4, -0.2) is 4.98 Å². The molecule has 0 radical (unpaired) electrons. The van der Waals surface area contributed by atoms with Crippen molar-refractivity contribution in [3.8, 4) is 6.07 Å². The molecule has 0 spiro atoms. The first kappa shape index (κ1) is 14.0. The molecule has 0 bridgehead atoms. The molecule has 2 aromatic rings. The Morgan fingerprint density at radius 3 is 2.71 bits per heavy atom. The highest BCUT2D eigenvalue weighted by Crippen LogP contribution is 2.30. The number of fused-ring (bicyclic) bond motifs is 1. The lowest BCUT2D eigenvalue weighted by atomic mass is 10.2. The van der Waals surface area contributed by atoms with Gasteiger partial charge < -0.3 is 0 Å². The fourth-order valence-electron chi connectivity index (χ4n) is 2.45. The van der Waals surface area contributed by atoms with Crippen LogP contribution < -0.4 is 0 Å². The predicted molar refractivity (Wildman–Crippen MR) is 76.9 cm³/mol. The molecule has 3 rings (SSSR count). The molecule has 0 N–H and O–H groups in total. The fourth-order valence-corrected chi connectivity index (χ4v) is 3.45. The first-order valence-electron chi connectivity index (χ1n) is 6.67. The fraction of sp³-hybridized carbons (Fsp3) is 0.250. The topological polar surface area (TPSA) is 36.7 Å². The monoisotopic (exact) mass is 302 g/mol. The Morgan fingerprint density at radius 2 is 2.00 bits per heavy atom. The minimum Gasteiger partial charge on any atom is -0.245 e. The van der Waals surface area contributed by atoms with Gasteiger partial charge in [-0.3, -0.25) is 0 Å². The second-order valence-electron chi connectivity index (χ2n) is 4.90. The van der Waals surface area contributed by atoms with E-state index in [-0.39, 0.29) is 11.3 Å². The standard InChI is InChI=1S/C16H12F2N2S/c17-13-4-2-5-14(18)12(13)9-21-16-11(8-19)7-10-3-1-6-15(10)20-16/h2,4-5,7H,1,3,6,9H2. The smallest absolute Gasteiger partial charge is 0.130 e. The third-order valence-electron chi connectivity index (χ3n) is 3.55. The number of aryl methyl sites for hydroxylation is 2. The Morgan fingerprint density at radius 1 is 1.24 bits per heavy atom. The number of halogens is 2. The molecule has 106 valence electrons. The van der Waals surface area contributed by atoms with Crippen LogP contribution in [0, 0.1) is 23.0 Å². The second kappa shape index (κ2) is 5.82. The quantitative estimate of drug-likeness (QED) is 0.804. The summed E-state index contributed by atoms with van der Waals surface area (Å²) < 4.78 is 27.2. The lowest BCUT2D eigenvalue weighted by molar-refractivity contribution is 0.566. The summed E-state index contributed by atoms with van der Waals surface area (Å²) in [6.07, 6.45) is 2.90. The zero-order chi connectivity index (χ0) is 14.8. The number of hydrogen-bond acceptors (Lipinski definition) is 3. The molecule has 5 heteroatoms. The van der Waals surface area contributed by atoms with E-state index in [4.69, 9.17) is 0 Å². The maximum Gasteiger partial charge on any atom is 0.130 e. The van der Waals surface area contributed by atoms with Crippen LogP contribution in [0.5, 0.6) is 0 Å². The summed E-state index contributed by atoms with van der Waals surface area (Å²) in [6, 6.07) is 7.79. The van der Waals surface area contributed by atoms with Crippen LogP contribution in [0.1, 0.15) is 28.8 Å². The zero-order valence-electron chi connectivity index (χ0n) is 11.2. The number of benzene rings is 1. The first-order chi connectivity index (χ1) is 10.2. The Hall–Kier alpha value is -1.93. The molecule has 0 aliphatic heterocycles. The van der Waals surface area contributed by atoms with Gasteiger partial charge in [0.2, 0.25) is 0 Å². The Labute approximate surface area is 125 Å². The van der Waals surface area contributed by atoms with Crippen molar-refractivity contribution in [3.63, 3.8) is 0 Å². The number of hydrogen-bond donors (Lipinski definition) is 0. The van der Waals surface area contributed by atoms with Gasteiger partial charge in [0.25, 0.3) is 0 Å². The molecule has 1 aliphatic rings. The van der Waals surface area contributed by atoms with E-state index < -0.39 is 11.6 Å². The lowest BCUT2D eigenvalue weighted by Gasteiger charge is -2.08. The molecule has 0 unspecified atom stereocenters. The van der Waals surface area contributed by atoms with E-state index in [0.29, 0.717) is 10.6 Å². The van der Waals surface area contributed by atoms with E-state index in [1.165, 1.54) is 30.0 Å². The van der Waals surface area contributed by atoms with E-state index in [2.05, 4.69) is 11.1 Å². The van der Waals surface area contributed by atoms with Crippen molar-refractivity contribution in [2.75, 3.05) is 0 Å². The van der Waals surface area contributed by atoms with Crippen molar-refractivity contribution in [1.82, 2.24) is 4.98 Å². The summed E-state index contributed by atoms with van der Waals surface area (Å²) in [6.45, 7) is 0. The highest BCUT2D eigenvalue weighted by Gasteiger charge is 2.17. The Balaban J connectivity index is 1.87. The van der Waals surface area contributed by atoms with Gasteiger partial charge >= 0.3 is 0 Å². The molecule has 1 aromatic heterocycles. The summed E-state index contributed by atoms with van der Waals surface area (Å²) in [7, 11) is 0. The van der Waals surface area contributed by atoms with E-state index in [1.807, 2.05) is 6.07 Å².